The third kappa shape index (κ3) is 13.1. The number of hydrogen-bond donors (Lipinski definition) is 3. The van der Waals surface area contributed by atoms with E-state index in [2.05, 4.69) is 34.1 Å². The van der Waals surface area contributed by atoms with Crippen molar-refractivity contribution in [2.24, 2.45) is 17.6 Å². The normalized spacial score (nSPS) is 20.6. The molecule has 0 spiro atoms. The van der Waals surface area contributed by atoms with Crippen LogP contribution >= 0.6 is 23.5 Å². The zero-order chi connectivity index (χ0) is 39.6. The van der Waals surface area contributed by atoms with Gasteiger partial charge < -0.3 is 34.9 Å². The first-order chi connectivity index (χ1) is 25.6. The van der Waals surface area contributed by atoms with Gasteiger partial charge in [-0.15, -0.1) is 0 Å². The summed E-state index contributed by atoms with van der Waals surface area (Å²) in [5.74, 6) is 0.975. The standard InChI is InChI=1S/C25H33ClN4O7.C14H23NOS/c1-13(2)35-19-10-18(15-7-8-16(26)22(34-6)21(15)29-19)36-14-9-17(23(27)32)30(12-14)20(31)11-28-24(33)37-25(3,4)5;1-2-3-4-5-6-7-11-10-13(11)14(16)15-17-12-8-9-12/h7-8,10,13-14,17H,9,11-12H2,1-6H3,(H2,27,32)(H,28,33);6-7,11-13H,2-5,8-10H2,1H3,(H,15,16)/b;7-6-/t14-,17?;/m1./s1. The number of likely N-dealkylation sites (tertiary alicyclic amines) is 1. The summed E-state index contributed by atoms with van der Waals surface area (Å²) in [6.07, 6.45) is 11.9. The van der Waals surface area contributed by atoms with E-state index in [0.717, 1.165) is 6.42 Å². The van der Waals surface area contributed by atoms with Crippen LogP contribution in [0.4, 0.5) is 4.79 Å². The smallest absolute Gasteiger partial charge is 0.408 e. The maximum atomic E-state index is 12.9. The van der Waals surface area contributed by atoms with Crippen LogP contribution < -0.4 is 30.0 Å². The van der Waals surface area contributed by atoms with Gasteiger partial charge in [0.15, 0.2) is 5.75 Å². The lowest BCUT2D eigenvalue weighted by molar-refractivity contribution is -0.136. The molecular formula is C39H56ClN5O8S. The molecule has 3 fully saturated rings. The van der Waals surface area contributed by atoms with Crippen LogP contribution in [0.3, 0.4) is 0 Å². The molecule has 13 nitrogen and oxygen atoms in total. The molecule has 1 aliphatic heterocycles. The number of amides is 4. The average Bonchev–Trinajstić information content (AvgIpc) is 4.03. The predicted octanol–water partition coefficient (Wildman–Crippen LogP) is 6.73. The Bertz CT molecular complexity index is 1660. The van der Waals surface area contributed by atoms with E-state index >= 15 is 0 Å². The van der Waals surface area contributed by atoms with Gasteiger partial charge in [-0.2, -0.15) is 0 Å². The van der Waals surface area contributed by atoms with Crippen molar-refractivity contribution in [3.05, 3.63) is 35.4 Å². The number of benzene rings is 1. The molecule has 2 aliphatic carbocycles. The van der Waals surface area contributed by atoms with Gasteiger partial charge in [-0.1, -0.05) is 43.5 Å². The summed E-state index contributed by atoms with van der Waals surface area (Å²) in [5, 5.41) is 4.11. The molecule has 1 saturated heterocycles. The lowest BCUT2D eigenvalue weighted by atomic mass is 10.1. The maximum Gasteiger partial charge on any atom is 0.408 e. The van der Waals surface area contributed by atoms with Crippen LogP contribution in [0.1, 0.15) is 92.9 Å². The number of methoxy groups -OCH3 is 1. The Labute approximate surface area is 327 Å². The van der Waals surface area contributed by atoms with Crippen LogP contribution in [0.2, 0.25) is 5.02 Å². The van der Waals surface area contributed by atoms with Crippen LogP contribution in [0, 0.1) is 11.8 Å². The minimum atomic E-state index is -0.901. The highest BCUT2D eigenvalue weighted by molar-refractivity contribution is 7.98. The van der Waals surface area contributed by atoms with Crippen LogP contribution in [0.15, 0.2) is 30.4 Å². The van der Waals surface area contributed by atoms with Crippen molar-refractivity contribution >= 4 is 58.3 Å². The number of aromatic nitrogens is 1. The number of ether oxygens (including phenoxy) is 4. The Hall–Kier alpha value is -3.91. The topological polar surface area (TPSA) is 171 Å². The Morgan fingerprint density at radius 2 is 1.89 bits per heavy atom. The first kappa shape index (κ1) is 42.8. The molecule has 0 bridgehead atoms. The second-order valence-electron chi connectivity index (χ2n) is 15.1. The van der Waals surface area contributed by atoms with Crippen molar-refractivity contribution in [1.82, 2.24) is 19.9 Å². The number of rotatable bonds is 16. The number of alkyl carbamates (subject to hydrolysis) is 1. The third-order valence-electron chi connectivity index (χ3n) is 8.76. The minimum absolute atomic E-state index is 0.0807. The second kappa shape index (κ2) is 19.6. The van der Waals surface area contributed by atoms with Crippen molar-refractivity contribution in [3.8, 4) is 17.4 Å². The first-order valence-corrected chi connectivity index (χ1v) is 20.0. The van der Waals surface area contributed by atoms with E-state index in [-0.39, 0.29) is 37.4 Å². The zero-order valence-electron chi connectivity index (χ0n) is 32.4. The van der Waals surface area contributed by atoms with Crippen LogP contribution in [-0.2, 0) is 19.1 Å². The lowest BCUT2D eigenvalue weighted by Gasteiger charge is -2.23. The number of nitrogens with zero attached hydrogens (tertiary/aromatic N) is 2. The summed E-state index contributed by atoms with van der Waals surface area (Å²) in [4.78, 5) is 54.5. The number of halogens is 1. The van der Waals surface area contributed by atoms with E-state index in [1.807, 2.05) is 13.8 Å². The zero-order valence-corrected chi connectivity index (χ0v) is 34.0. The fraction of sp³-hybridized carbons (Fsp3) is 0.615. The summed E-state index contributed by atoms with van der Waals surface area (Å²) >= 11 is 7.93. The molecule has 1 aromatic heterocycles. The molecule has 2 heterocycles. The molecule has 4 N–H and O–H groups in total. The van der Waals surface area contributed by atoms with E-state index in [9.17, 15) is 19.2 Å². The molecule has 3 unspecified atom stereocenters. The summed E-state index contributed by atoms with van der Waals surface area (Å²) in [7, 11) is 1.49. The van der Waals surface area contributed by atoms with Crippen molar-refractivity contribution in [2.75, 3.05) is 20.2 Å². The van der Waals surface area contributed by atoms with Gasteiger partial charge in [-0.05, 0) is 96.7 Å². The molecule has 2 aromatic rings. The van der Waals surface area contributed by atoms with Crippen molar-refractivity contribution in [1.29, 1.82) is 0 Å². The second-order valence-corrected chi connectivity index (χ2v) is 16.6. The number of primary amides is 1. The van der Waals surface area contributed by atoms with Crippen LogP contribution in [0.5, 0.6) is 17.4 Å². The number of pyridine rings is 1. The van der Waals surface area contributed by atoms with Crippen molar-refractivity contribution in [2.45, 2.75) is 122 Å². The largest absolute Gasteiger partial charge is 0.493 e. The number of allylic oxidation sites excluding steroid dienone is 2. The summed E-state index contributed by atoms with van der Waals surface area (Å²) in [6, 6.07) is 4.15. The molecule has 298 valence electrons. The van der Waals surface area contributed by atoms with Gasteiger partial charge in [0.2, 0.25) is 23.6 Å². The Kier molecular flexibility index (Phi) is 15.6. The van der Waals surface area contributed by atoms with E-state index in [1.54, 1.807) is 50.9 Å². The van der Waals surface area contributed by atoms with Gasteiger partial charge in [0.05, 0.1) is 24.8 Å². The third-order valence-corrected chi connectivity index (χ3v) is 10.2. The van der Waals surface area contributed by atoms with Crippen LogP contribution in [-0.4, -0.2) is 83.0 Å². The summed E-state index contributed by atoms with van der Waals surface area (Å²) in [5.41, 5.74) is 5.32. The first-order valence-electron chi connectivity index (χ1n) is 18.8. The molecule has 4 amide bonds. The number of fused-ring (bicyclic) bond motifs is 1. The Morgan fingerprint density at radius 1 is 1.15 bits per heavy atom. The minimum Gasteiger partial charge on any atom is -0.493 e. The Morgan fingerprint density at radius 3 is 2.52 bits per heavy atom. The molecular weight excluding hydrogens is 734 g/mol. The number of unbranched alkanes of at least 4 members (excludes halogenated alkanes) is 3. The highest BCUT2D eigenvalue weighted by atomic mass is 35.5. The summed E-state index contributed by atoms with van der Waals surface area (Å²) < 4.78 is 25.7. The van der Waals surface area contributed by atoms with E-state index in [4.69, 9.17) is 36.3 Å². The molecule has 2 saturated carbocycles. The number of hydrogen-bond acceptors (Lipinski definition) is 10. The Balaban J connectivity index is 0.000000317. The fourth-order valence-corrected chi connectivity index (χ4v) is 6.90. The molecule has 1 aromatic carbocycles. The molecule has 54 heavy (non-hydrogen) atoms. The van der Waals surface area contributed by atoms with Gasteiger partial charge in [0.25, 0.3) is 0 Å². The highest BCUT2D eigenvalue weighted by Gasteiger charge is 2.42. The predicted molar refractivity (Wildman–Crippen MR) is 211 cm³/mol. The molecule has 5 rings (SSSR count). The van der Waals surface area contributed by atoms with Crippen LogP contribution in [0.25, 0.3) is 10.9 Å². The number of carbonyl (C=O) groups excluding carboxylic acids is 4. The maximum absolute atomic E-state index is 12.9. The number of nitrogens with two attached hydrogens (primary N) is 1. The lowest BCUT2D eigenvalue weighted by Crippen LogP contribution is -2.48. The quantitative estimate of drug-likeness (QED) is 0.0942. The van der Waals surface area contributed by atoms with Crippen molar-refractivity contribution in [3.63, 3.8) is 0 Å². The van der Waals surface area contributed by atoms with Gasteiger partial charge >= 0.3 is 6.09 Å². The molecule has 15 heteroatoms. The van der Waals surface area contributed by atoms with Crippen molar-refractivity contribution < 1.29 is 38.1 Å². The average molecular weight is 790 g/mol. The molecule has 3 aliphatic rings. The fourth-order valence-electron chi connectivity index (χ4n) is 5.87. The van der Waals surface area contributed by atoms with Gasteiger partial charge in [0.1, 0.15) is 35.6 Å². The highest BCUT2D eigenvalue weighted by Crippen LogP contribution is 2.42. The van der Waals surface area contributed by atoms with Gasteiger partial charge in [0, 0.05) is 29.0 Å². The SMILES string of the molecule is CCCCC/C=C\C1CC1C(=O)NSC1CC1.COc1c(Cl)ccc2c(O[C@@H]3CC(C(N)=O)N(C(=O)CNC(=O)OC(C)(C)C)C3)cc(OC(C)C)nc12. The van der Waals surface area contributed by atoms with Gasteiger partial charge in [-0.3, -0.25) is 19.1 Å². The monoisotopic (exact) mass is 789 g/mol. The number of nitrogens with one attached hydrogen (secondary N) is 2. The van der Waals surface area contributed by atoms with E-state index in [0.29, 0.717) is 44.5 Å². The van der Waals surface area contributed by atoms with E-state index in [1.165, 1.54) is 50.5 Å². The molecule has 4 atom stereocenters. The van der Waals surface area contributed by atoms with E-state index < -0.39 is 35.7 Å². The number of carbonyl (C=O) groups is 4. The van der Waals surface area contributed by atoms with Gasteiger partial charge in [-0.25, -0.2) is 9.78 Å². The summed E-state index contributed by atoms with van der Waals surface area (Å²) in [6.45, 7) is 10.8. The molecule has 0 radical (unpaired) electrons.